The van der Waals surface area contributed by atoms with E-state index in [1.165, 1.54) is 18.2 Å². The van der Waals surface area contributed by atoms with Gasteiger partial charge in [0.2, 0.25) is 5.91 Å². The average Bonchev–Trinajstić information content (AvgIpc) is 3.08. The number of carbonyl (C=O) groups excluding carboxylic acids is 3. The molecule has 0 spiro atoms. The monoisotopic (exact) mass is 696 g/mol. The van der Waals surface area contributed by atoms with Crippen LogP contribution in [-0.2, 0) is 16.2 Å². The Kier molecular flexibility index (Phi) is 8.66. The Labute approximate surface area is 235 Å². The van der Waals surface area contributed by atoms with Crippen molar-refractivity contribution < 1.29 is 23.5 Å². The summed E-state index contributed by atoms with van der Waals surface area (Å²) in [6.07, 6.45) is 1.56. The van der Waals surface area contributed by atoms with Gasteiger partial charge in [-0.15, -0.1) is 0 Å². The zero-order chi connectivity index (χ0) is 25.8. The lowest BCUT2D eigenvalue weighted by molar-refractivity contribution is -0.127. The molecule has 3 aromatic rings. The second-order valence-electron chi connectivity index (χ2n) is 7.52. The molecule has 1 heterocycles. The third-order valence-electron chi connectivity index (χ3n) is 4.94. The molecule has 0 saturated carbocycles. The Hall–Kier alpha value is -2.47. The van der Waals surface area contributed by atoms with E-state index in [0.29, 0.717) is 26.9 Å². The van der Waals surface area contributed by atoms with Crippen molar-refractivity contribution in [2.24, 2.45) is 0 Å². The summed E-state index contributed by atoms with van der Waals surface area (Å²) >= 11 is 11.1. The topological polar surface area (TPSA) is 75.7 Å². The van der Waals surface area contributed by atoms with Crippen molar-refractivity contribution in [1.29, 1.82) is 0 Å². The molecule has 11 heteroatoms. The number of nitrogens with zero attached hydrogens (tertiary/aromatic N) is 1. The maximum atomic E-state index is 13.8. The van der Waals surface area contributed by atoms with Crippen LogP contribution >= 0.6 is 59.6 Å². The number of amides is 3. The van der Waals surface area contributed by atoms with Crippen molar-refractivity contribution in [1.82, 2.24) is 4.90 Å². The Morgan fingerprint density at radius 3 is 2.36 bits per heavy atom. The van der Waals surface area contributed by atoms with Crippen LogP contribution in [0.25, 0.3) is 6.08 Å². The fraction of sp³-hybridized carbons (Fsp3) is 0.0800. The van der Waals surface area contributed by atoms with Crippen LogP contribution < -0.4 is 10.1 Å². The maximum Gasteiger partial charge on any atom is 0.294 e. The van der Waals surface area contributed by atoms with Gasteiger partial charge in [0.15, 0.2) is 0 Å². The van der Waals surface area contributed by atoms with Crippen LogP contribution in [0.1, 0.15) is 11.1 Å². The summed E-state index contributed by atoms with van der Waals surface area (Å²) in [7, 11) is 0. The highest BCUT2D eigenvalue weighted by Gasteiger charge is 2.36. The van der Waals surface area contributed by atoms with Crippen molar-refractivity contribution in [3.63, 3.8) is 0 Å². The molecular weight excluding hydrogens is 683 g/mol. The molecule has 1 N–H and O–H groups in total. The Bertz CT molecular complexity index is 1360. The van der Waals surface area contributed by atoms with Crippen LogP contribution in [0.4, 0.5) is 14.9 Å². The first-order valence-electron chi connectivity index (χ1n) is 10.4. The number of imide groups is 1. The second kappa shape index (κ2) is 11.7. The van der Waals surface area contributed by atoms with Gasteiger partial charge in [-0.2, -0.15) is 0 Å². The van der Waals surface area contributed by atoms with Gasteiger partial charge in [0.25, 0.3) is 11.1 Å². The minimum Gasteiger partial charge on any atom is -0.487 e. The van der Waals surface area contributed by atoms with Gasteiger partial charge in [-0.1, -0.05) is 40.2 Å². The molecule has 4 rings (SSSR count). The molecule has 1 aliphatic heterocycles. The quantitative estimate of drug-likeness (QED) is 0.261. The molecule has 0 atom stereocenters. The number of nitrogens with one attached hydrogen (secondary N) is 1. The van der Waals surface area contributed by atoms with E-state index in [4.69, 9.17) is 4.74 Å². The molecule has 1 saturated heterocycles. The van der Waals surface area contributed by atoms with Gasteiger partial charge in [-0.05, 0) is 97.2 Å². The molecule has 0 radical (unpaired) electrons. The summed E-state index contributed by atoms with van der Waals surface area (Å²) in [6, 6.07) is 16.9. The minimum atomic E-state index is -0.679. The van der Waals surface area contributed by atoms with Crippen molar-refractivity contribution in [2.45, 2.75) is 6.61 Å². The lowest BCUT2D eigenvalue weighted by Gasteiger charge is -2.13. The number of hydrogen-bond acceptors (Lipinski definition) is 5. The molecule has 1 aliphatic rings. The van der Waals surface area contributed by atoms with Gasteiger partial charge in [0, 0.05) is 4.47 Å². The molecule has 1 fully saturated rings. The number of anilines is 1. The predicted octanol–water partition coefficient (Wildman–Crippen LogP) is 7.37. The molecule has 36 heavy (non-hydrogen) atoms. The summed E-state index contributed by atoms with van der Waals surface area (Å²) in [5, 5.41) is 1.79. The van der Waals surface area contributed by atoms with Crippen molar-refractivity contribution in [3.8, 4) is 5.75 Å². The SMILES string of the molecule is O=C(CN1C(=O)S/C(=C\c2cc(Br)c(OCc3ccc(Br)cc3)c(Br)c2)C1=O)Nc1ccccc1F. The first-order chi connectivity index (χ1) is 17.2. The summed E-state index contributed by atoms with van der Waals surface area (Å²) in [6.45, 7) is -0.162. The van der Waals surface area contributed by atoms with Gasteiger partial charge in [0.05, 0.1) is 19.5 Å². The van der Waals surface area contributed by atoms with E-state index in [2.05, 4.69) is 53.1 Å². The van der Waals surface area contributed by atoms with Crippen LogP contribution in [0.2, 0.25) is 0 Å². The lowest BCUT2D eigenvalue weighted by atomic mass is 10.2. The Balaban J connectivity index is 1.44. The number of halogens is 4. The van der Waals surface area contributed by atoms with E-state index in [1.54, 1.807) is 24.3 Å². The first kappa shape index (κ1) is 26.6. The highest BCUT2D eigenvalue weighted by atomic mass is 79.9. The molecule has 0 aliphatic carbocycles. The van der Waals surface area contributed by atoms with Gasteiger partial charge in [-0.3, -0.25) is 19.3 Å². The zero-order valence-electron chi connectivity index (χ0n) is 18.3. The Morgan fingerprint density at radius 1 is 1.03 bits per heavy atom. The molecular formula is C25H16Br3FN2O4S. The normalized spacial score (nSPS) is 14.4. The highest BCUT2D eigenvalue weighted by Crippen LogP contribution is 2.38. The number of benzene rings is 3. The number of para-hydroxylation sites is 1. The fourth-order valence-corrected chi connectivity index (χ4v) is 5.77. The number of hydrogen-bond donors (Lipinski definition) is 1. The van der Waals surface area contributed by atoms with Gasteiger partial charge in [-0.25, -0.2) is 4.39 Å². The molecule has 3 aromatic carbocycles. The average molecular weight is 699 g/mol. The molecule has 0 aromatic heterocycles. The van der Waals surface area contributed by atoms with Gasteiger partial charge >= 0.3 is 0 Å². The predicted molar refractivity (Wildman–Crippen MR) is 148 cm³/mol. The first-order valence-corrected chi connectivity index (χ1v) is 13.6. The third-order valence-corrected chi connectivity index (χ3v) is 7.55. The third kappa shape index (κ3) is 6.44. The number of ether oxygens (including phenoxy) is 1. The zero-order valence-corrected chi connectivity index (χ0v) is 23.8. The van der Waals surface area contributed by atoms with Crippen LogP contribution in [0.3, 0.4) is 0 Å². The fourth-order valence-electron chi connectivity index (χ4n) is 3.22. The van der Waals surface area contributed by atoms with Crippen LogP contribution in [-0.4, -0.2) is 28.5 Å². The molecule has 0 bridgehead atoms. The minimum absolute atomic E-state index is 0.0258. The van der Waals surface area contributed by atoms with Gasteiger partial charge < -0.3 is 10.1 Å². The van der Waals surface area contributed by atoms with E-state index in [9.17, 15) is 18.8 Å². The number of carbonyl (C=O) groups is 3. The van der Waals surface area contributed by atoms with E-state index in [-0.39, 0.29) is 10.6 Å². The van der Waals surface area contributed by atoms with Crippen molar-refractivity contribution in [2.75, 3.05) is 11.9 Å². The number of rotatable bonds is 7. The summed E-state index contributed by atoms with van der Waals surface area (Å²) in [5.41, 5.74) is 1.61. The summed E-state index contributed by atoms with van der Waals surface area (Å²) in [5.74, 6) is -1.30. The van der Waals surface area contributed by atoms with E-state index >= 15 is 0 Å². The smallest absolute Gasteiger partial charge is 0.294 e. The van der Waals surface area contributed by atoms with Crippen molar-refractivity contribution >= 4 is 88.4 Å². The largest absolute Gasteiger partial charge is 0.487 e. The van der Waals surface area contributed by atoms with Crippen LogP contribution in [0.5, 0.6) is 5.75 Å². The lowest BCUT2D eigenvalue weighted by Crippen LogP contribution is -2.36. The van der Waals surface area contributed by atoms with E-state index < -0.39 is 29.4 Å². The summed E-state index contributed by atoms with van der Waals surface area (Å²) < 4.78 is 22.0. The van der Waals surface area contributed by atoms with Crippen LogP contribution in [0.15, 0.2) is 79.0 Å². The molecule has 6 nitrogen and oxygen atoms in total. The van der Waals surface area contributed by atoms with Gasteiger partial charge in [0.1, 0.15) is 24.7 Å². The van der Waals surface area contributed by atoms with E-state index in [1.807, 2.05) is 24.3 Å². The van der Waals surface area contributed by atoms with Crippen LogP contribution in [0, 0.1) is 5.82 Å². The molecule has 184 valence electrons. The maximum absolute atomic E-state index is 13.8. The number of thioether (sulfide) groups is 1. The van der Waals surface area contributed by atoms with Crippen molar-refractivity contribution in [3.05, 3.63) is 95.9 Å². The second-order valence-corrected chi connectivity index (χ2v) is 11.1. The standard InChI is InChI=1S/C25H16Br3FN2O4S/c26-16-7-5-14(6-8-16)13-35-23-17(27)9-15(10-18(23)28)11-21-24(33)31(25(34)36-21)12-22(32)30-20-4-2-1-3-19(20)29/h1-11H,12-13H2,(H,30,32)/b21-11-. The molecule has 0 unspecified atom stereocenters. The molecule has 3 amide bonds. The highest BCUT2D eigenvalue weighted by molar-refractivity contribution is 9.11. The van der Waals surface area contributed by atoms with E-state index in [0.717, 1.165) is 26.7 Å². The summed E-state index contributed by atoms with van der Waals surface area (Å²) in [4.78, 5) is 38.5. The Morgan fingerprint density at radius 2 is 1.69 bits per heavy atom.